The van der Waals surface area contributed by atoms with Crippen LogP contribution < -0.4 is 0 Å². The molecule has 0 saturated heterocycles. The molecule has 0 radical (unpaired) electrons. The highest BCUT2D eigenvalue weighted by Crippen LogP contribution is 2.17. The van der Waals surface area contributed by atoms with Gasteiger partial charge in [-0.05, 0) is 17.9 Å². The third-order valence-electron chi connectivity index (χ3n) is 5.48. The van der Waals surface area contributed by atoms with Gasteiger partial charge in [0, 0.05) is 0 Å². The van der Waals surface area contributed by atoms with Gasteiger partial charge in [-0.25, -0.2) is 0 Å². The zero-order valence-corrected chi connectivity index (χ0v) is 17.3. The average Bonchev–Trinajstić information content (AvgIpc) is 2.63. The molecule has 0 aliphatic rings. The molecule has 25 heavy (non-hydrogen) atoms. The van der Waals surface area contributed by atoms with E-state index < -0.39 is 0 Å². The fourth-order valence-electron chi connectivity index (χ4n) is 3.81. The Hall–Kier alpha value is -0.780. The highest BCUT2D eigenvalue weighted by Gasteiger charge is 2.03. The van der Waals surface area contributed by atoms with Crippen molar-refractivity contribution in [3.63, 3.8) is 0 Å². The van der Waals surface area contributed by atoms with Gasteiger partial charge in [0.05, 0.1) is 0 Å². The number of hydrogen-bond acceptors (Lipinski definition) is 0. The van der Waals surface area contributed by atoms with Crippen molar-refractivity contribution in [1.82, 2.24) is 0 Å². The van der Waals surface area contributed by atoms with E-state index in [1.165, 1.54) is 108 Å². The Morgan fingerprint density at radius 3 is 1.52 bits per heavy atom. The van der Waals surface area contributed by atoms with E-state index in [0.29, 0.717) is 0 Å². The third-order valence-corrected chi connectivity index (χ3v) is 5.48. The molecule has 0 bridgehead atoms. The van der Waals surface area contributed by atoms with Gasteiger partial charge in [0.1, 0.15) is 0 Å². The van der Waals surface area contributed by atoms with E-state index in [-0.39, 0.29) is 0 Å². The molecule has 0 fully saturated rings. The van der Waals surface area contributed by atoms with Crippen molar-refractivity contribution in [1.29, 1.82) is 0 Å². The number of unbranched alkanes of at least 4 members (excludes halogenated alkanes) is 13. The summed E-state index contributed by atoms with van der Waals surface area (Å²) >= 11 is 0. The van der Waals surface area contributed by atoms with Crippen molar-refractivity contribution in [2.24, 2.45) is 5.92 Å². The number of hydrogen-bond donors (Lipinski definition) is 0. The van der Waals surface area contributed by atoms with E-state index in [1.807, 2.05) is 0 Å². The molecule has 1 rings (SSSR count). The van der Waals surface area contributed by atoms with Crippen LogP contribution in [0.3, 0.4) is 0 Å². The summed E-state index contributed by atoms with van der Waals surface area (Å²) in [6.45, 7) is 4.71. The maximum absolute atomic E-state index is 2.41. The lowest BCUT2D eigenvalue weighted by atomic mass is 9.95. The molecule has 1 unspecified atom stereocenters. The molecule has 0 aliphatic heterocycles. The first kappa shape index (κ1) is 22.3. The Morgan fingerprint density at radius 2 is 1.04 bits per heavy atom. The topological polar surface area (TPSA) is 0 Å². The second-order valence-electron chi connectivity index (χ2n) is 8.18. The van der Waals surface area contributed by atoms with Crippen LogP contribution in [0.1, 0.15) is 116 Å². The molecule has 0 nitrogen and oxygen atoms in total. The van der Waals surface area contributed by atoms with E-state index in [4.69, 9.17) is 0 Å². The smallest absolute Gasteiger partial charge is 0.0253 e. The van der Waals surface area contributed by atoms with Crippen LogP contribution in [0.25, 0.3) is 0 Å². The Balaban J connectivity index is 1.78. The summed E-state index contributed by atoms with van der Waals surface area (Å²) in [7, 11) is 0. The van der Waals surface area contributed by atoms with Crippen LogP contribution in [-0.4, -0.2) is 0 Å². The third kappa shape index (κ3) is 14.1. The summed E-state index contributed by atoms with van der Waals surface area (Å²) in [5, 5.41) is 0. The van der Waals surface area contributed by atoms with Gasteiger partial charge in [-0.1, -0.05) is 140 Å². The summed E-state index contributed by atoms with van der Waals surface area (Å²) in [5.41, 5.74) is 1.50. The zero-order valence-electron chi connectivity index (χ0n) is 17.3. The Kier molecular flexibility index (Phi) is 14.8. The van der Waals surface area contributed by atoms with Crippen LogP contribution in [0.15, 0.2) is 30.3 Å². The largest absolute Gasteiger partial charge is 0.0654 e. The Morgan fingerprint density at radius 1 is 0.600 bits per heavy atom. The van der Waals surface area contributed by atoms with Gasteiger partial charge in [0.15, 0.2) is 0 Å². The number of rotatable bonds is 17. The van der Waals surface area contributed by atoms with Crippen molar-refractivity contribution in [3.05, 3.63) is 35.9 Å². The van der Waals surface area contributed by atoms with Crippen molar-refractivity contribution in [2.75, 3.05) is 0 Å². The van der Waals surface area contributed by atoms with E-state index in [9.17, 15) is 0 Å². The van der Waals surface area contributed by atoms with Gasteiger partial charge < -0.3 is 0 Å². The summed E-state index contributed by atoms with van der Waals surface area (Å²) in [4.78, 5) is 0. The zero-order chi connectivity index (χ0) is 18.0. The first-order chi connectivity index (χ1) is 12.3. The minimum atomic E-state index is 0.833. The second-order valence-corrected chi connectivity index (χ2v) is 8.18. The van der Waals surface area contributed by atoms with Crippen LogP contribution in [-0.2, 0) is 6.42 Å². The average molecular weight is 345 g/mol. The molecule has 0 heterocycles. The lowest BCUT2D eigenvalue weighted by Crippen LogP contribution is -1.99. The predicted octanol–water partition coefficient (Wildman–Crippen LogP) is 8.74. The maximum atomic E-state index is 2.41. The molecule has 1 aromatic rings. The van der Waals surface area contributed by atoms with Crippen molar-refractivity contribution in [3.8, 4) is 0 Å². The normalized spacial score (nSPS) is 12.4. The predicted molar refractivity (Wildman–Crippen MR) is 114 cm³/mol. The maximum Gasteiger partial charge on any atom is -0.0253 e. The van der Waals surface area contributed by atoms with Gasteiger partial charge in [-0.2, -0.15) is 0 Å². The highest BCUT2D eigenvalue weighted by molar-refractivity contribution is 5.14. The molecule has 0 spiro atoms. The van der Waals surface area contributed by atoms with Gasteiger partial charge in [0.2, 0.25) is 0 Å². The lowest BCUT2D eigenvalue weighted by Gasteiger charge is -2.11. The van der Waals surface area contributed by atoms with Crippen LogP contribution in [0.2, 0.25) is 0 Å². The molecule has 0 N–H and O–H groups in total. The fourth-order valence-corrected chi connectivity index (χ4v) is 3.81. The molecule has 0 amide bonds. The second kappa shape index (κ2) is 16.7. The summed E-state index contributed by atoms with van der Waals surface area (Å²) in [6, 6.07) is 11.0. The van der Waals surface area contributed by atoms with Gasteiger partial charge in [0.25, 0.3) is 0 Å². The first-order valence-electron chi connectivity index (χ1n) is 11.4. The molecule has 1 aromatic carbocycles. The Labute approximate surface area is 158 Å². The van der Waals surface area contributed by atoms with E-state index in [1.54, 1.807) is 0 Å². The number of benzene rings is 1. The van der Waals surface area contributed by atoms with Crippen LogP contribution in [0.4, 0.5) is 0 Å². The van der Waals surface area contributed by atoms with Crippen LogP contribution >= 0.6 is 0 Å². The van der Waals surface area contributed by atoms with Crippen LogP contribution in [0.5, 0.6) is 0 Å². The molecule has 144 valence electrons. The highest BCUT2D eigenvalue weighted by atomic mass is 14.1. The first-order valence-corrected chi connectivity index (χ1v) is 11.4. The van der Waals surface area contributed by atoms with Gasteiger partial charge in [-0.3, -0.25) is 0 Å². The standard InChI is InChI=1S/C25H44/c1-3-4-5-6-7-8-9-10-11-12-13-14-15-17-20-24(2)23-25-21-18-16-19-22-25/h16,18-19,21-22,24H,3-15,17,20,23H2,1-2H3. The molecule has 0 aromatic heterocycles. The summed E-state index contributed by atoms with van der Waals surface area (Å²) in [5.74, 6) is 0.833. The summed E-state index contributed by atoms with van der Waals surface area (Å²) in [6.07, 6.45) is 23.0. The van der Waals surface area contributed by atoms with Gasteiger partial charge >= 0.3 is 0 Å². The minimum absolute atomic E-state index is 0.833. The molecule has 1 atom stereocenters. The fraction of sp³-hybridized carbons (Fsp3) is 0.760. The van der Waals surface area contributed by atoms with Crippen molar-refractivity contribution in [2.45, 2.75) is 117 Å². The quantitative estimate of drug-likeness (QED) is 0.248. The minimum Gasteiger partial charge on any atom is -0.0654 e. The lowest BCUT2D eigenvalue weighted by molar-refractivity contribution is 0.476. The monoisotopic (exact) mass is 344 g/mol. The SMILES string of the molecule is CCCCCCCCCCCCCCCCC(C)Cc1ccccc1. The van der Waals surface area contributed by atoms with Gasteiger partial charge in [-0.15, -0.1) is 0 Å². The van der Waals surface area contributed by atoms with E-state index in [2.05, 4.69) is 44.2 Å². The molecule has 0 heteroatoms. The van der Waals surface area contributed by atoms with Crippen molar-refractivity contribution >= 4 is 0 Å². The molecule has 0 aliphatic carbocycles. The van der Waals surface area contributed by atoms with Crippen molar-refractivity contribution < 1.29 is 0 Å². The molecular weight excluding hydrogens is 300 g/mol. The van der Waals surface area contributed by atoms with E-state index in [0.717, 1.165) is 5.92 Å². The molecular formula is C25H44. The van der Waals surface area contributed by atoms with E-state index >= 15 is 0 Å². The summed E-state index contributed by atoms with van der Waals surface area (Å²) < 4.78 is 0. The Bertz CT molecular complexity index is 367. The molecule has 0 saturated carbocycles. The van der Waals surface area contributed by atoms with Crippen LogP contribution in [0, 0.1) is 5.92 Å².